The summed E-state index contributed by atoms with van der Waals surface area (Å²) in [5, 5.41) is 11.9. The third-order valence-corrected chi connectivity index (χ3v) is 4.10. The average Bonchev–Trinajstić information content (AvgIpc) is 2.64. The minimum atomic E-state index is -0.287. The topological polar surface area (TPSA) is 20.2 Å². The number of hydrogen-bond donors (Lipinski definition) is 1. The molecule has 1 atom stereocenters. The number of hydrogen-bond acceptors (Lipinski definition) is 2. The second-order valence-electron chi connectivity index (χ2n) is 3.61. The van der Waals surface area contributed by atoms with E-state index in [9.17, 15) is 5.11 Å². The first-order valence-electron chi connectivity index (χ1n) is 5.27. The van der Waals surface area contributed by atoms with Gasteiger partial charge in [-0.15, -0.1) is 17.9 Å². The number of allylic oxidation sites excluding steroid dienone is 1. The number of aliphatic hydroxyl groups excluding tert-OH is 1. The van der Waals surface area contributed by atoms with Gasteiger partial charge in [-0.1, -0.05) is 18.9 Å². The molecule has 1 rings (SSSR count). The lowest BCUT2D eigenvalue weighted by molar-refractivity contribution is 0.167. The quantitative estimate of drug-likeness (QED) is 0.570. The van der Waals surface area contributed by atoms with Crippen LogP contribution in [0.4, 0.5) is 0 Å². The molecule has 0 saturated carbocycles. The Labute approximate surface area is 104 Å². The molecule has 0 aromatic carbocycles. The molecule has 0 aliphatic carbocycles. The van der Waals surface area contributed by atoms with Crippen molar-refractivity contribution in [3.63, 3.8) is 0 Å². The predicted molar refractivity (Wildman–Crippen MR) is 70.3 cm³/mol. The molecule has 0 amide bonds. The van der Waals surface area contributed by atoms with Crippen LogP contribution in [0, 0.1) is 0 Å². The molecular weight excluding hydrogens is 272 g/mol. The van der Waals surface area contributed by atoms with Gasteiger partial charge in [-0.25, -0.2) is 0 Å². The van der Waals surface area contributed by atoms with Crippen molar-refractivity contribution < 1.29 is 5.11 Å². The fraction of sp³-hybridized carbons (Fsp3) is 0.500. The Morgan fingerprint density at radius 3 is 2.87 bits per heavy atom. The summed E-state index contributed by atoms with van der Waals surface area (Å²) in [5.74, 6) is 0. The number of thiophene rings is 1. The minimum absolute atomic E-state index is 0.287. The molecule has 0 radical (unpaired) electrons. The molecule has 15 heavy (non-hydrogen) atoms. The van der Waals surface area contributed by atoms with Crippen LogP contribution in [0.3, 0.4) is 0 Å². The van der Waals surface area contributed by atoms with Gasteiger partial charge in [-0.2, -0.15) is 0 Å². The lowest BCUT2D eigenvalue weighted by atomic mass is 10.1. The van der Waals surface area contributed by atoms with Gasteiger partial charge in [0, 0.05) is 14.7 Å². The summed E-state index contributed by atoms with van der Waals surface area (Å²) >= 11 is 5.00. The van der Waals surface area contributed by atoms with E-state index < -0.39 is 0 Å². The van der Waals surface area contributed by atoms with Crippen molar-refractivity contribution >= 4 is 27.3 Å². The van der Waals surface area contributed by atoms with E-state index in [0.717, 1.165) is 28.6 Å². The van der Waals surface area contributed by atoms with E-state index in [1.165, 1.54) is 12.8 Å². The van der Waals surface area contributed by atoms with E-state index in [1.807, 2.05) is 17.5 Å². The first kappa shape index (κ1) is 12.9. The molecule has 0 bridgehead atoms. The number of halogens is 1. The lowest BCUT2D eigenvalue weighted by Crippen LogP contribution is -1.94. The Morgan fingerprint density at radius 1 is 1.47 bits per heavy atom. The number of aliphatic hydroxyl groups is 1. The zero-order valence-corrected chi connectivity index (χ0v) is 11.2. The maximum atomic E-state index is 9.86. The highest BCUT2D eigenvalue weighted by molar-refractivity contribution is 9.10. The standard InChI is InChI=1S/C12H17BrOS/c1-2-3-4-5-6-7-11(14)12-8-10(13)9-15-12/h2,8-9,11,14H,1,3-7H2. The fourth-order valence-corrected chi connectivity index (χ4v) is 2.91. The minimum Gasteiger partial charge on any atom is -0.388 e. The highest BCUT2D eigenvalue weighted by Crippen LogP contribution is 2.28. The molecule has 1 N–H and O–H groups in total. The molecule has 0 spiro atoms. The Kier molecular flexibility index (Phi) is 6.22. The molecule has 0 fully saturated rings. The zero-order valence-electron chi connectivity index (χ0n) is 8.79. The molecule has 1 unspecified atom stereocenters. The Morgan fingerprint density at radius 2 is 2.27 bits per heavy atom. The van der Waals surface area contributed by atoms with Crippen LogP contribution < -0.4 is 0 Å². The van der Waals surface area contributed by atoms with Crippen LogP contribution >= 0.6 is 27.3 Å². The van der Waals surface area contributed by atoms with E-state index >= 15 is 0 Å². The summed E-state index contributed by atoms with van der Waals surface area (Å²) in [4.78, 5) is 1.06. The highest BCUT2D eigenvalue weighted by Gasteiger charge is 2.09. The second-order valence-corrected chi connectivity index (χ2v) is 5.47. The van der Waals surface area contributed by atoms with Gasteiger partial charge in [0.15, 0.2) is 0 Å². The van der Waals surface area contributed by atoms with Crippen LogP contribution in [-0.4, -0.2) is 5.11 Å². The lowest BCUT2D eigenvalue weighted by Gasteiger charge is -2.07. The maximum Gasteiger partial charge on any atom is 0.0882 e. The molecule has 0 aliphatic rings. The Hall–Kier alpha value is -0.120. The van der Waals surface area contributed by atoms with E-state index in [1.54, 1.807) is 11.3 Å². The summed E-state index contributed by atoms with van der Waals surface area (Å²) in [6.07, 6.45) is 7.06. The van der Waals surface area contributed by atoms with Crippen molar-refractivity contribution in [2.75, 3.05) is 0 Å². The normalized spacial score (nSPS) is 12.7. The summed E-state index contributed by atoms with van der Waals surface area (Å²) in [5.41, 5.74) is 0. The van der Waals surface area contributed by atoms with Crippen LogP contribution in [0.2, 0.25) is 0 Å². The fourth-order valence-electron chi connectivity index (χ4n) is 1.45. The van der Waals surface area contributed by atoms with E-state index in [4.69, 9.17) is 0 Å². The van der Waals surface area contributed by atoms with Gasteiger partial charge in [0.25, 0.3) is 0 Å². The molecule has 1 nitrogen and oxygen atoms in total. The van der Waals surface area contributed by atoms with Crippen molar-refractivity contribution in [3.8, 4) is 0 Å². The smallest absolute Gasteiger partial charge is 0.0882 e. The first-order chi connectivity index (χ1) is 7.24. The van der Waals surface area contributed by atoms with E-state index in [0.29, 0.717) is 0 Å². The van der Waals surface area contributed by atoms with Gasteiger partial charge in [0.2, 0.25) is 0 Å². The Balaban J connectivity index is 2.18. The van der Waals surface area contributed by atoms with Crippen molar-refractivity contribution in [3.05, 3.63) is 33.5 Å². The van der Waals surface area contributed by atoms with E-state index in [2.05, 4.69) is 22.5 Å². The predicted octanol–water partition coefficient (Wildman–Crippen LogP) is 4.68. The number of rotatable bonds is 7. The van der Waals surface area contributed by atoms with Crippen LogP contribution in [-0.2, 0) is 0 Å². The third-order valence-electron chi connectivity index (χ3n) is 2.30. The van der Waals surface area contributed by atoms with Gasteiger partial charge in [0.1, 0.15) is 0 Å². The van der Waals surface area contributed by atoms with Crippen molar-refractivity contribution in [2.24, 2.45) is 0 Å². The largest absolute Gasteiger partial charge is 0.388 e. The van der Waals surface area contributed by atoms with Gasteiger partial charge < -0.3 is 5.11 Å². The van der Waals surface area contributed by atoms with Gasteiger partial charge >= 0.3 is 0 Å². The van der Waals surface area contributed by atoms with E-state index in [-0.39, 0.29) is 6.10 Å². The van der Waals surface area contributed by atoms with Gasteiger partial charge in [0.05, 0.1) is 6.10 Å². The van der Waals surface area contributed by atoms with Gasteiger partial charge in [-0.3, -0.25) is 0 Å². The molecule has 3 heteroatoms. The molecule has 84 valence electrons. The molecule has 1 aromatic rings. The van der Waals surface area contributed by atoms with Crippen LogP contribution in [0.1, 0.15) is 43.1 Å². The van der Waals surface area contributed by atoms with Gasteiger partial charge in [-0.05, 0) is 41.3 Å². The average molecular weight is 289 g/mol. The van der Waals surface area contributed by atoms with Crippen molar-refractivity contribution in [2.45, 2.75) is 38.2 Å². The molecule has 1 heterocycles. The highest BCUT2D eigenvalue weighted by atomic mass is 79.9. The summed E-state index contributed by atoms with van der Waals surface area (Å²) in [6, 6.07) is 2.00. The maximum absolute atomic E-state index is 9.86. The zero-order chi connectivity index (χ0) is 11.1. The summed E-state index contributed by atoms with van der Waals surface area (Å²) in [7, 11) is 0. The van der Waals surface area contributed by atoms with Crippen LogP contribution in [0.15, 0.2) is 28.6 Å². The number of unbranched alkanes of at least 4 members (excludes halogenated alkanes) is 3. The molecule has 0 saturated heterocycles. The molecule has 0 aliphatic heterocycles. The Bertz CT molecular complexity index is 296. The van der Waals surface area contributed by atoms with Crippen LogP contribution in [0.25, 0.3) is 0 Å². The second kappa shape index (κ2) is 7.20. The van der Waals surface area contributed by atoms with Crippen molar-refractivity contribution in [1.29, 1.82) is 0 Å². The van der Waals surface area contributed by atoms with Crippen LogP contribution in [0.5, 0.6) is 0 Å². The molecule has 1 aromatic heterocycles. The first-order valence-corrected chi connectivity index (χ1v) is 6.94. The SMILES string of the molecule is C=CCCCCCC(O)c1cc(Br)cs1. The molecular formula is C12H17BrOS. The summed E-state index contributed by atoms with van der Waals surface area (Å²) in [6.45, 7) is 3.69. The summed E-state index contributed by atoms with van der Waals surface area (Å²) < 4.78 is 1.06. The third kappa shape index (κ3) is 4.96. The van der Waals surface area contributed by atoms with Crippen molar-refractivity contribution in [1.82, 2.24) is 0 Å². The monoisotopic (exact) mass is 288 g/mol.